The Bertz CT molecular complexity index is 646. The van der Waals surface area contributed by atoms with Crippen molar-refractivity contribution in [3.8, 4) is 0 Å². The number of aryl methyl sites for hydroxylation is 2. The number of carbonyl (C=O) groups is 1. The molecule has 3 rings (SSSR count). The van der Waals surface area contributed by atoms with Gasteiger partial charge in [-0.15, -0.1) is 0 Å². The van der Waals surface area contributed by atoms with E-state index in [9.17, 15) is 9.90 Å². The minimum absolute atomic E-state index is 0.0204. The van der Waals surface area contributed by atoms with E-state index >= 15 is 0 Å². The first-order valence-electron chi connectivity index (χ1n) is 7.14. The Morgan fingerprint density at radius 3 is 2.90 bits per heavy atom. The number of hydrogen-bond acceptors (Lipinski definition) is 3. The van der Waals surface area contributed by atoms with Crippen LogP contribution in [0.25, 0.3) is 0 Å². The maximum atomic E-state index is 12.7. The largest absolute Gasteiger partial charge is 0.391 e. The number of rotatable bonds is 3. The van der Waals surface area contributed by atoms with Gasteiger partial charge in [0.2, 0.25) is 0 Å². The fraction of sp³-hybridized carbons (Fsp3) is 0.467. The van der Waals surface area contributed by atoms with Crippen LogP contribution in [-0.2, 0) is 20.5 Å². The van der Waals surface area contributed by atoms with Crippen molar-refractivity contribution in [2.45, 2.75) is 25.0 Å². The number of nitrogens with zero attached hydrogens (tertiary/aromatic N) is 4. The van der Waals surface area contributed by atoms with Gasteiger partial charge in [-0.1, -0.05) is 0 Å². The Hall–Kier alpha value is -2.08. The molecule has 3 heterocycles. The molecule has 0 bridgehead atoms. The molecule has 0 radical (unpaired) electrons. The van der Waals surface area contributed by atoms with Crippen LogP contribution in [0, 0.1) is 0 Å². The predicted molar refractivity (Wildman–Crippen MR) is 77.8 cm³/mol. The van der Waals surface area contributed by atoms with Gasteiger partial charge in [0.1, 0.15) is 5.69 Å². The highest BCUT2D eigenvalue weighted by Crippen LogP contribution is 2.24. The molecule has 6 nitrogen and oxygen atoms in total. The molecule has 2 aromatic heterocycles. The average Bonchev–Trinajstić information content (AvgIpc) is 3.13. The second-order valence-corrected chi connectivity index (χ2v) is 5.65. The molecule has 112 valence electrons. The minimum Gasteiger partial charge on any atom is -0.391 e. The van der Waals surface area contributed by atoms with E-state index in [0.717, 1.165) is 5.56 Å². The summed E-state index contributed by atoms with van der Waals surface area (Å²) in [4.78, 5) is 14.4. The third-order valence-electron chi connectivity index (χ3n) is 4.14. The normalized spacial score (nSPS) is 22.0. The topological polar surface area (TPSA) is 63.3 Å². The highest BCUT2D eigenvalue weighted by molar-refractivity contribution is 5.93. The quantitative estimate of drug-likeness (QED) is 0.898. The molecule has 0 aromatic carbocycles. The van der Waals surface area contributed by atoms with Crippen molar-refractivity contribution in [2.24, 2.45) is 14.1 Å². The summed E-state index contributed by atoms with van der Waals surface area (Å²) in [7, 11) is 3.72. The molecule has 6 heteroatoms. The fourth-order valence-corrected chi connectivity index (χ4v) is 2.98. The Labute approximate surface area is 123 Å². The fourth-order valence-electron chi connectivity index (χ4n) is 2.98. The van der Waals surface area contributed by atoms with Gasteiger partial charge in [0.15, 0.2) is 0 Å². The van der Waals surface area contributed by atoms with Crippen LogP contribution in [0.4, 0.5) is 0 Å². The summed E-state index contributed by atoms with van der Waals surface area (Å²) in [5.41, 5.74) is 1.69. The lowest BCUT2D eigenvalue weighted by molar-refractivity contribution is 0.0631. The average molecular weight is 288 g/mol. The van der Waals surface area contributed by atoms with E-state index in [4.69, 9.17) is 0 Å². The van der Waals surface area contributed by atoms with Gasteiger partial charge >= 0.3 is 0 Å². The number of aliphatic hydroxyl groups is 1. The molecule has 21 heavy (non-hydrogen) atoms. The minimum atomic E-state index is -0.477. The van der Waals surface area contributed by atoms with Crippen molar-refractivity contribution in [3.05, 3.63) is 42.0 Å². The first kappa shape index (κ1) is 13.9. The van der Waals surface area contributed by atoms with Crippen molar-refractivity contribution in [2.75, 3.05) is 6.54 Å². The molecule has 1 aliphatic heterocycles. The summed E-state index contributed by atoms with van der Waals surface area (Å²) in [6.07, 6.45) is 6.35. The van der Waals surface area contributed by atoms with Gasteiger partial charge in [0.05, 0.1) is 18.3 Å². The van der Waals surface area contributed by atoms with Gasteiger partial charge < -0.3 is 14.6 Å². The number of aromatic nitrogens is 3. The smallest absolute Gasteiger partial charge is 0.270 e. The molecule has 1 amide bonds. The molecular formula is C15H20N4O2. The zero-order chi connectivity index (χ0) is 15.0. The lowest BCUT2D eigenvalue weighted by Crippen LogP contribution is -2.41. The van der Waals surface area contributed by atoms with E-state index in [2.05, 4.69) is 5.10 Å². The standard InChI is InChI=1S/C15H20N4O2/c1-17-6-3-4-12(17)15(21)19-7-5-14(20)13(19)8-11-9-16-18(2)10-11/h3-4,6,9-10,13-14,20H,5,7-8H2,1-2H3/t13-,14-/m0/s1. The second kappa shape index (κ2) is 5.37. The van der Waals surface area contributed by atoms with Gasteiger partial charge in [0.25, 0.3) is 5.91 Å². The van der Waals surface area contributed by atoms with E-state index in [1.165, 1.54) is 0 Å². The van der Waals surface area contributed by atoms with Crippen LogP contribution in [0.5, 0.6) is 0 Å². The van der Waals surface area contributed by atoms with Crippen molar-refractivity contribution >= 4 is 5.91 Å². The lowest BCUT2D eigenvalue weighted by atomic mass is 10.0. The van der Waals surface area contributed by atoms with Gasteiger partial charge in [-0.25, -0.2) is 0 Å². The molecule has 0 unspecified atom stereocenters. The Morgan fingerprint density at radius 2 is 2.29 bits per heavy atom. The first-order valence-corrected chi connectivity index (χ1v) is 7.14. The molecule has 0 spiro atoms. The molecule has 1 saturated heterocycles. The van der Waals surface area contributed by atoms with Crippen LogP contribution in [0.3, 0.4) is 0 Å². The zero-order valence-corrected chi connectivity index (χ0v) is 12.3. The predicted octanol–water partition coefficient (Wildman–Crippen LogP) is 0.577. The summed E-state index contributed by atoms with van der Waals surface area (Å²) in [5.74, 6) is -0.0204. The number of aliphatic hydroxyl groups excluding tert-OH is 1. The van der Waals surface area contributed by atoms with Crippen LogP contribution < -0.4 is 0 Å². The maximum Gasteiger partial charge on any atom is 0.270 e. The monoisotopic (exact) mass is 288 g/mol. The van der Waals surface area contributed by atoms with Crippen molar-refractivity contribution in [1.82, 2.24) is 19.2 Å². The molecule has 1 fully saturated rings. The van der Waals surface area contributed by atoms with Crippen molar-refractivity contribution in [1.29, 1.82) is 0 Å². The van der Waals surface area contributed by atoms with E-state index < -0.39 is 6.10 Å². The van der Waals surface area contributed by atoms with E-state index in [1.54, 1.807) is 15.8 Å². The van der Waals surface area contributed by atoms with E-state index in [1.807, 2.05) is 43.2 Å². The van der Waals surface area contributed by atoms with Gasteiger partial charge in [-0.05, 0) is 30.5 Å². The molecule has 1 aliphatic rings. The van der Waals surface area contributed by atoms with Gasteiger partial charge in [-0.2, -0.15) is 5.10 Å². The summed E-state index contributed by atoms with van der Waals surface area (Å²) >= 11 is 0. The molecule has 0 aliphatic carbocycles. The number of carbonyl (C=O) groups excluding carboxylic acids is 1. The number of amides is 1. The third kappa shape index (κ3) is 2.58. The number of likely N-dealkylation sites (tertiary alicyclic amines) is 1. The summed E-state index contributed by atoms with van der Waals surface area (Å²) < 4.78 is 3.55. The molecule has 2 aromatic rings. The van der Waals surface area contributed by atoms with E-state index in [0.29, 0.717) is 25.1 Å². The molecule has 0 saturated carbocycles. The first-order chi connectivity index (χ1) is 10.1. The maximum absolute atomic E-state index is 12.7. The molecule has 1 N–H and O–H groups in total. The Morgan fingerprint density at radius 1 is 1.48 bits per heavy atom. The Balaban J connectivity index is 1.80. The highest BCUT2D eigenvalue weighted by atomic mass is 16.3. The van der Waals surface area contributed by atoms with Crippen molar-refractivity contribution < 1.29 is 9.90 Å². The molecular weight excluding hydrogens is 268 g/mol. The van der Waals surface area contributed by atoms with E-state index in [-0.39, 0.29) is 11.9 Å². The lowest BCUT2D eigenvalue weighted by Gasteiger charge is -2.26. The summed E-state index contributed by atoms with van der Waals surface area (Å²) in [6, 6.07) is 3.49. The van der Waals surface area contributed by atoms with Gasteiger partial charge in [-0.3, -0.25) is 9.48 Å². The van der Waals surface area contributed by atoms with Crippen LogP contribution in [0.15, 0.2) is 30.7 Å². The SMILES string of the molecule is Cn1cc(C[C@H]2[C@@H](O)CCN2C(=O)c2cccn2C)cn1. The highest BCUT2D eigenvalue weighted by Gasteiger charge is 2.37. The molecule has 2 atom stereocenters. The number of hydrogen-bond donors (Lipinski definition) is 1. The van der Waals surface area contributed by atoms with Gasteiger partial charge in [0, 0.05) is 33.0 Å². The van der Waals surface area contributed by atoms with Crippen LogP contribution in [0.2, 0.25) is 0 Å². The third-order valence-corrected chi connectivity index (χ3v) is 4.14. The second-order valence-electron chi connectivity index (χ2n) is 5.65. The summed E-state index contributed by atoms with van der Waals surface area (Å²) in [5, 5.41) is 14.4. The summed E-state index contributed by atoms with van der Waals surface area (Å²) in [6.45, 7) is 0.593. The van der Waals surface area contributed by atoms with Crippen LogP contribution in [0.1, 0.15) is 22.5 Å². The zero-order valence-electron chi connectivity index (χ0n) is 12.3. The van der Waals surface area contributed by atoms with Crippen LogP contribution in [-0.4, -0.2) is 49.0 Å². The van der Waals surface area contributed by atoms with Crippen molar-refractivity contribution in [3.63, 3.8) is 0 Å². The Kier molecular flexibility index (Phi) is 3.55. The van der Waals surface area contributed by atoms with Crippen LogP contribution >= 0.6 is 0 Å².